The van der Waals surface area contributed by atoms with Crippen LogP contribution >= 0.6 is 0 Å². The molecule has 0 N–H and O–H groups in total. The van der Waals surface area contributed by atoms with Crippen LogP contribution in [0.1, 0.15) is 25.3 Å². The summed E-state index contributed by atoms with van der Waals surface area (Å²) < 4.78 is 12.7. The first-order chi connectivity index (χ1) is 6.75. The first kappa shape index (κ1) is 9.66. The van der Waals surface area contributed by atoms with E-state index in [1.54, 1.807) is 0 Å². The van der Waals surface area contributed by atoms with Crippen molar-refractivity contribution in [1.29, 1.82) is 0 Å². The fourth-order valence-electron chi connectivity index (χ4n) is 2.05. The number of hydrogen-bond donors (Lipinski definition) is 0. The zero-order valence-electron chi connectivity index (χ0n) is 8.54. The smallest absolute Gasteiger partial charge is 0.123 e. The molecule has 1 aromatic rings. The van der Waals surface area contributed by atoms with Gasteiger partial charge in [0.2, 0.25) is 0 Å². The van der Waals surface area contributed by atoms with E-state index in [0.29, 0.717) is 6.04 Å². The van der Waals surface area contributed by atoms with Crippen LogP contribution in [0, 0.1) is 5.82 Å². The Morgan fingerprint density at radius 3 is 2.64 bits per heavy atom. The van der Waals surface area contributed by atoms with Crippen molar-refractivity contribution in [3.8, 4) is 0 Å². The van der Waals surface area contributed by atoms with E-state index in [0.717, 1.165) is 6.54 Å². The van der Waals surface area contributed by atoms with Crippen LogP contribution in [-0.2, 0) is 6.54 Å². The Morgan fingerprint density at radius 1 is 1.36 bits per heavy atom. The zero-order valence-corrected chi connectivity index (χ0v) is 8.54. The highest BCUT2D eigenvalue weighted by Gasteiger charge is 2.19. The fourth-order valence-corrected chi connectivity index (χ4v) is 2.05. The molecule has 0 saturated carbocycles. The van der Waals surface area contributed by atoms with E-state index in [4.69, 9.17) is 0 Å². The molecule has 0 amide bonds. The summed E-state index contributed by atoms with van der Waals surface area (Å²) in [5, 5.41) is 0. The standard InChI is InChI=1S/C12H16FN/c1-10-3-2-8-14(10)9-11-4-6-12(13)7-5-11/h4-7,10H,2-3,8-9H2,1H3. The van der Waals surface area contributed by atoms with Crippen molar-refractivity contribution in [1.82, 2.24) is 4.90 Å². The number of halogens is 1. The first-order valence-corrected chi connectivity index (χ1v) is 5.24. The van der Waals surface area contributed by atoms with Crippen molar-refractivity contribution < 1.29 is 4.39 Å². The highest BCUT2D eigenvalue weighted by Crippen LogP contribution is 2.19. The summed E-state index contributed by atoms with van der Waals surface area (Å²) in [7, 11) is 0. The predicted octanol–water partition coefficient (Wildman–Crippen LogP) is 2.81. The fraction of sp³-hybridized carbons (Fsp3) is 0.500. The van der Waals surface area contributed by atoms with Gasteiger partial charge in [-0.05, 0) is 44.0 Å². The van der Waals surface area contributed by atoms with Gasteiger partial charge in [-0.3, -0.25) is 4.90 Å². The molecule has 76 valence electrons. The molecule has 1 aromatic carbocycles. The third-order valence-electron chi connectivity index (χ3n) is 2.99. The molecule has 2 heteroatoms. The van der Waals surface area contributed by atoms with E-state index in [1.807, 2.05) is 12.1 Å². The molecule has 1 atom stereocenters. The van der Waals surface area contributed by atoms with Gasteiger partial charge in [0.1, 0.15) is 5.82 Å². The lowest BCUT2D eigenvalue weighted by atomic mass is 10.2. The normalized spacial score (nSPS) is 22.9. The molecule has 1 unspecified atom stereocenters. The van der Waals surface area contributed by atoms with Crippen LogP contribution in [0.25, 0.3) is 0 Å². The number of benzene rings is 1. The zero-order chi connectivity index (χ0) is 9.97. The van der Waals surface area contributed by atoms with E-state index in [1.165, 1.54) is 37.1 Å². The maximum atomic E-state index is 12.7. The Labute approximate surface area is 84.5 Å². The first-order valence-electron chi connectivity index (χ1n) is 5.24. The summed E-state index contributed by atoms with van der Waals surface area (Å²) in [6.45, 7) is 4.40. The number of hydrogen-bond acceptors (Lipinski definition) is 1. The number of rotatable bonds is 2. The minimum atomic E-state index is -0.150. The maximum absolute atomic E-state index is 12.7. The molecule has 1 nitrogen and oxygen atoms in total. The largest absolute Gasteiger partial charge is 0.296 e. The average Bonchev–Trinajstić information content (AvgIpc) is 2.56. The van der Waals surface area contributed by atoms with Crippen LogP contribution in [0.15, 0.2) is 24.3 Å². The molecule has 14 heavy (non-hydrogen) atoms. The lowest BCUT2D eigenvalue weighted by Crippen LogP contribution is -2.26. The number of likely N-dealkylation sites (tertiary alicyclic amines) is 1. The SMILES string of the molecule is CC1CCCN1Cc1ccc(F)cc1. The van der Waals surface area contributed by atoms with Crippen LogP contribution in [0.4, 0.5) is 4.39 Å². The van der Waals surface area contributed by atoms with Gasteiger partial charge in [0, 0.05) is 12.6 Å². The highest BCUT2D eigenvalue weighted by atomic mass is 19.1. The Hall–Kier alpha value is -0.890. The van der Waals surface area contributed by atoms with Gasteiger partial charge in [-0.25, -0.2) is 4.39 Å². The molecule has 1 aliphatic rings. The molecule has 0 bridgehead atoms. The molecule has 0 aromatic heterocycles. The quantitative estimate of drug-likeness (QED) is 0.698. The van der Waals surface area contributed by atoms with Crippen molar-refractivity contribution in [2.45, 2.75) is 32.4 Å². The molecule has 0 radical (unpaired) electrons. The van der Waals surface area contributed by atoms with Gasteiger partial charge in [-0.15, -0.1) is 0 Å². The van der Waals surface area contributed by atoms with Crippen LogP contribution in [0.2, 0.25) is 0 Å². The summed E-state index contributed by atoms with van der Waals surface area (Å²) in [6, 6.07) is 7.51. The van der Waals surface area contributed by atoms with E-state index in [-0.39, 0.29) is 5.82 Å². The van der Waals surface area contributed by atoms with Crippen molar-refractivity contribution >= 4 is 0 Å². The Morgan fingerprint density at radius 2 is 2.07 bits per heavy atom. The Kier molecular flexibility index (Phi) is 2.82. The summed E-state index contributed by atoms with van der Waals surface area (Å²) >= 11 is 0. The second-order valence-electron chi connectivity index (χ2n) is 4.09. The van der Waals surface area contributed by atoms with Crippen molar-refractivity contribution in [2.75, 3.05) is 6.54 Å². The molecule has 1 heterocycles. The molecule has 2 rings (SSSR count). The predicted molar refractivity (Wildman–Crippen MR) is 55.5 cm³/mol. The van der Waals surface area contributed by atoms with E-state index < -0.39 is 0 Å². The van der Waals surface area contributed by atoms with E-state index in [9.17, 15) is 4.39 Å². The van der Waals surface area contributed by atoms with Gasteiger partial charge < -0.3 is 0 Å². The van der Waals surface area contributed by atoms with Crippen LogP contribution in [-0.4, -0.2) is 17.5 Å². The minimum Gasteiger partial charge on any atom is -0.296 e. The van der Waals surface area contributed by atoms with Gasteiger partial charge in [-0.2, -0.15) is 0 Å². The molecule has 0 spiro atoms. The van der Waals surface area contributed by atoms with E-state index >= 15 is 0 Å². The maximum Gasteiger partial charge on any atom is 0.123 e. The summed E-state index contributed by atoms with van der Waals surface area (Å²) in [4.78, 5) is 2.45. The van der Waals surface area contributed by atoms with Crippen LogP contribution in [0.3, 0.4) is 0 Å². The molecular formula is C12H16FN. The monoisotopic (exact) mass is 193 g/mol. The lowest BCUT2D eigenvalue weighted by molar-refractivity contribution is 0.260. The summed E-state index contributed by atoms with van der Waals surface area (Å²) in [5.41, 5.74) is 1.21. The molecular weight excluding hydrogens is 177 g/mol. The molecule has 1 saturated heterocycles. The van der Waals surface area contributed by atoms with Gasteiger partial charge in [-0.1, -0.05) is 12.1 Å². The van der Waals surface area contributed by atoms with Crippen molar-refractivity contribution in [2.24, 2.45) is 0 Å². The third kappa shape index (κ3) is 2.13. The van der Waals surface area contributed by atoms with Gasteiger partial charge in [0.15, 0.2) is 0 Å². The summed E-state index contributed by atoms with van der Waals surface area (Å²) in [5.74, 6) is -0.150. The van der Waals surface area contributed by atoms with E-state index in [2.05, 4.69) is 11.8 Å². The third-order valence-corrected chi connectivity index (χ3v) is 2.99. The second kappa shape index (κ2) is 4.09. The molecule has 1 fully saturated rings. The Bertz CT molecular complexity index is 294. The topological polar surface area (TPSA) is 3.24 Å². The van der Waals surface area contributed by atoms with Crippen molar-refractivity contribution in [3.05, 3.63) is 35.6 Å². The second-order valence-corrected chi connectivity index (χ2v) is 4.09. The minimum absolute atomic E-state index is 0.150. The molecule has 1 aliphatic heterocycles. The van der Waals surface area contributed by atoms with Crippen LogP contribution < -0.4 is 0 Å². The van der Waals surface area contributed by atoms with Gasteiger partial charge >= 0.3 is 0 Å². The highest BCUT2D eigenvalue weighted by molar-refractivity contribution is 5.16. The van der Waals surface area contributed by atoms with Gasteiger partial charge in [0.25, 0.3) is 0 Å². The van der Waals surface area contributed by atoms with Crippen LogP contribution in [0.5, 0.6) is 0 Å². The number of nitrogens with zero attached hydrogens (tertiary/aromatic N) is 1. The lowest BCUT2D eigenvalue weighted by Gasteiger charge is -2.20. The Balaban J connectivity index is 2.00. The average molecular weight is 193 g/mol. The molecule has 0 aliphatic carbocycles. The van der Waals surface area contributed by atoms with Crippen molar-refractivity contribution in [3.63, 3.8) is 0 Å². The summed E-state index contributed by atoms with van der Waals surface area (Å²) in [6.07, 6.45) is 2.59. The van der Waals surface area contributed by atoms with Gasteiger partial charge in [0.05, 0.1) is 0 Å².